The largest absolute Gasteiger partial charge is 0.416 e. The molecule has 0 aromatic heterocycles. The topological polar surface area (TPSA) is 78.8 Å². The van der Waals surface area contributed by atoms with Gasteiger partial charge in [0.25, 0.3) is 0 Å². The van der Waals surface area contributed by atoms with Crippen LogP contribution in [-0.4, -0.2) is 48.8 Å². The molecule has 0 radical (unpaired) electrons. The van der Waals surface area contributed by atoms with Crippen molar-refractivity contribution in [3.63, 3.8) is 0 Å². The minimum atomic E-state index is -4.60. The monoisotopic (exact) mass is 581 g/mol. The maximum absolute atomic E-state index is 13.3. The Morgan fingerprint density at radius 3 is 2.58 bits per heavy atom. The van der Waals surface area contributed by atoms with Crippen LogP contribution in [0.5, 0.6) is 0 Å². The van der Waals surface area contributed by atoms with Crippen LogP contribution in [0.4, 0.5) is 24.5 Å². The standard InChI is InChI=1S/C20H16BrClF3N3O3S2/c21-12-2-4-13(5-3-12)26-18(29)8-32-19-27-15-9-33(30,31)10-17(15)28(19)16-7-11(20(23,24)25)1-6-14(16)22/h1-7,15,17H,8-10H2,(H,26,29)/t15-,17-/m0/s1. The number of amidine groups is 1. The summed E-state index contributed by atoms with van der Waals surface area (Å²) in [5.74, 6) is -0.887. The van der Waals surface area contributed by atoms with Crippen LogP contribution in [0.1, 0.15) is 5.56 Å². The Hall–Kier alpha value is -1.76. The first-order valence-corrected chi connectivity index (χ1v) is 13.5. The van der Waals surface area contributed by atoms with Crippen LogP contribution in [-0.2, 0) is 20.8 Å². The van der Waals surface area contributed by atoms with Crippen molar-refractivity contribution < 1.29 is 26.4 Å². The van der Waals surface area contributed by atoms with Gasteiger partial charge in [0.15, 0.2) is 15.0 Å². The van der Waals surface area contributed by atoms with Crippen molar-refractivity contribution in [2.45, 2.75) is 18.3 Å². The van der Waals surface area contributed by atoms with Gasteiger partial charge in [-0.05, 0) is 42.5 Å². The number of halogens is 5. The van der Waals surface area contributed by atoms with Gasteiger partial charge in [-0.3, -0.25) is 9.79 Å². The van der Waals surface area contributed by atoms with E-state index in [1.54, 1.807) is 24.3 Å². The molecule has 2 aliphatic heterocycles. The Balaban J connectivity index is 1.58. The number of sulfone groups is 1. The summed E-state index contributed by atoms with van der Waals surface area (Å²) >= 11 is 10.6. The maximum Gasteiger partial charge on any atom is 0.416 e. The second-order valence-corrected chi connectivity index (χ2v) is 11.9. The minimum absolute atomic E-state index is 0.00987. The summed E-state index contributed by atoms with van der Waals surface area (Å²) in [6.07, 6.45) is -4.60. The van der Waals surface area contributed by atoms with E-state index < -0.39 is 33.7 Å². The Bertz CT molecular complexity index is 1220. The molecule has 176 valence electrons. The molecule has 0 spiro atoms. The smallest absolute Gasteiger partial charge is 0.325 e. The van der Waals surface area contributed by atoms with E-state index in [9.17, 15) is 26.4 Å². The fourth-order valence-electron chi connectivity index (χ4n) is 3.65. The first kappa shape index (κ1) is 24.4. The number of carbonyl (C=O) groups is 1. The predicted octanol–water partition coefficient (Wildman–Crippen LogP) is 4.83. The predicted molar refractivity (Wildman–Crippen MR) is 128 cm³/mol. The number of nitrogens with zero attached hydrogens (tertiary/aromatic N) is 2. The van der Waals surface area contributed by atoms with Crippen molar-refractivity contribution in [3.8, 4) is 0 Å². The number of hydrogen-bond acceptors (Lipinski definition) is 6. The molecule has 6 nitrogen and oxygen atoms in total. The Kier molecular flexibility index (Phi) is 6.74. The number of anilines is 2. The molecule has 2 atom stereocenters. The SMILES string of the molecule is O=C(CSC1=N[C@H]2CS(=O)(=O)C[C@@H]2N1c1cc(C(F)(F)F)ccc1Cl)Nc1ccc(Br)cc1. The number of rotatable bonds is 4. The molecule has 1 saturated heterocycles. The lowest BCUT2D eigenvalue weighted by atomic mass is 10.1. The summed E-state index contributed by atoms with van der Waals surface area (Å²) in [6.45, 7) is 0. The summed E-state index contributed by atoms with van der Waals surface area (Å²) in [4.78, 5) is 18.3. The van der Waals surface area contributed by atoms with Crippen LogP contribution in [0.2, 0.25) is 5.02 Å². The van der Waals surface area contributed by atoms with Gasteiger partial charge in [-0.15, -0.1) is 0 Å². The Morgan fingerprint density at radius 1 is 1.21 bits per heavy atom. The maximum atomic E-state index is 13.3. The van der Waals surface area contributed by atoms with E-state index in [-0.39, 0.29) is 39.0 Å². The van der Waals surface area contributed by atoms with E-state index in [4.69, 9.17) is 11.6 Å². The quantitative estimate of drug-likeness (QED) is 0.559. The highest BCUT2D eigenvalue weighted by atomic mass is 79.9. The summed E-state index contributed by atoms with van der Waals surface area (Å²) in [5, 5.41) is 3.01. The van der Waals surface area contributed by atoms with Crippen LogP contribution in [0.25, 0.3) is 0 Å². The molecule has 1 fully saturated rings. The van der Waals surface area contributed by atoms with Crippen molar-refractivity contribution in [1.82, 2.24) is 0 Å². The number of carbonyl (C=O) groups excluding carboxylic acids is 1. The molecule has 0 saturated carbocycles. The van der Waals surface area contributed by atoms with Crippen molar-refractivity contribution in [1.29, 1.82) is 0 Å². The molecule has 2 aromatic rings. The van der Waals surface area contributed by atoms with E-state index in [1.165, 1.54) is 4.90 Å². The third-order valence-corrected chi connectivity index (χ3v) is 8.61. The molecule has 0 bridgehead atoms. The fourth-order valence-corrected chi connectivity index (χ4v) is 6.88. The van der Waals surface area contributed by atoms with Gasteiger partial charge in [-0.1, -0.05) is 39.3 Å². The number of hydrogen-bond donors (Lipinski definition) is 1. The average Bonchev–Trinajstić information content (AvgIpc) is 3.19. The molecular formula is C20H16BrClF3N3O3S2. The molecule has 13 heteroatoms. The second kappa shape index (κ2) is 9.12. The fraction of sp³-hybridized carbons (Fsp3) is 0.300. The summed E-state index contributed by atoms with van der Waals surface area (Å²) in [7, 11) is -3.40. The van der Waals surface area contributed by atoms with Gasteiger partial charge in [-0.25, -0.2) is 8.42 Å². The van der Waals surface area contributed by atoms with Gasteiger partial charge >= 0.3 is 6.18 Å². The van der Waals surface area contributed by atoms with E-state index in [1.807, 2.05) is 0 Å². The molecule has 1 amide bonds. The molecule has 2 heterocycles. The first-order valence-electron chi connectivity index (χ1n) is 9.55. The lowest BCUT2D eigenvalue weighted by molar-refractivity contribution is -0.137. The Labute approximate surface area is 205 Å². The van der Waals surface area contributed by atoms with Crippen molar-refractivity contribution in [2.24, 2.45) is 4.99 Å². The summed E-state index contributed by atoms with van der Waals surface area (Å²) in [5.41, 5.74) is -0.322. The number of benzene rings is 2. The lowest BCUT2D eigenvalue weighted by Gasteiger charge is -2.28. The third-order valence-electron chi connectivity index (χ3n) is 5.10. The molecule has 2 aliphatic rings. The highest BCUT2D eigenvalue weighted by Crippen LogP contribution is 2.41. The van der Waals surface area contributed by atoms with E-state index >= 15 is 0 Å². The molecule has 1 N–H and O–H groups in total. The van der Waals surface area contributed by atoms with Gasteiger partial charge in [0.1, 0.15) is 0 Å². The van der Waals surface area contributed by atoms with Crippen LogP contribution in [0.15, 0.2) is 51.9 Å². The minimum Gasteiger partial charge on any atom is -0.325 e. The number of alkyl halides is 3. The van der Waals surface area contributed by atoms with E-state index in [0.717, 1.165) is 34.4 Å². The van der Waals surface area contributed by atoms with Gasteiger partial charge in [0.2, 0.25) is 5.91 Å². The first-order chi connectivity index (χ1) is 15.4. The lowest BCUT2D eigenvalue weighted by Crippen LogP contribution is -2.39. The zero-order valence-corrected chi connectivity index (χ0v) is 20.6. The van der Waals surface area contributed by atoms with Crippen LogP contribution in [0.3, 0.4) is 0 Å². The van der Waals surface area contributed by atoms with E-state index in [0.29, 0.717) is 5.69 Å². The van der Waals surface area contributed by atoms with Gasteiger partial charge in [-0.2, -0.15) is 13.2 Å². The van der Waals surface area contributed by atoms with E-state index in [2.05, 4.69) is 26.2 Å². The normalized spacial score (nSPS) is 21.6. The summed E-state index contributed by atoms with van der Waals surface area (Å²) in [6, 6.07) is 8.50. The molecule has 0 aliphatic carbocycles. The van der Waals surface area contributed by atoms with Gasteiger partial charge in [0, 0.05) is 10.2 Å². The van der Waals surface area contributed by atoms with Crippen molar-refractivity contribution >= 4 is 71.6 Å². The zero-order chi connectivity index (χ0) is 24.0. The molecular weight excluding hydrogens is 567 g/mol. The Morgan fingerprint density at radius 2 is 1.91 bits per heavy atom. The number of aliphatic imine (C=N–C) groups is 1. The number of nitrogens with one attached hydrogen (secondary N) is 1. The summed E-state index contributed by atoms with van der Waals surface area (Å²) < 4.78 is 65.1. The zero-order valence-electron chi connectivity index (χ0n) is 16.6. The van der Waals surface area contributed by atoms with Gasteiger partial charge < -0.3 is 10.2 Å². The van der Waals surface area contributed by atoms with Crippen LogP contribution >= 0.6 is 39.3 Å². The highest BCUT2D eigenvalue weighted by Gasteiger charge is 2.48. The third kappa shape index (κ3) is 5.50. The second-order valence-electron chi connectivity index (χ2n) is 7.50. The molecule has 2 aromatic carbocycles. The number of thioether (sulfide) groups is 1. The highest BCUT2D eigenvalue weighted by molar-refractivity contribution is 9.10. The molecule has 0 unspecified atom stereocenters. The van der Waals surface area contributed by atoms with Crippen LogP contribution in [0, 0.1) is 0 Å². The van der Waals surface area contributed by atoms with Crippen molar-refractivity contribution in [2.75, 3.05) is 27.5 Å². The number of fused-ring (bicyclic) bond motifs is 1. The van der Waals surface area contributed by atoms with Gasteiger partial charge in [0.05, 0.1) is 45.6 Å². The molecule has 4 rings (SSSR count). The van der Waals surface area contributed by atoms with Crippen molar-refractivity contribution in [3.05, 3.63) is 57.5 Å². The molecule has 33 heavy (non-hydrogen) atoms. The number of amides is 1. The average molecular weight is 583 g/mol. The van der Waals surface area contributed by atoms with Crippen LogP contribution < -0.4 is 10.2 Å².